The van der Waals surface area contributed by atoms with Crippen LogP contribution in [0.25, 0.3) is 0 Å². The topological polar surface area (TPSA) is 52.8 Å². The van der Waals surface area contributed by atoms with E-state index >= 15 is 0 Å². The number of rotatable bonds is 7. The summed E-state index contributed by atoms with van der Waals surface area (Å²) < 4.78 is 18.5. The predicted octanol–water partition coefficient (Wildman–Crippen LogP) is 4.10. The van der Waals surface area contributed by atoms with Gasteiger partial charge in [-0.1, -0.05) is 25.0 Å². The Balaban J connectivity index is 1.27. The molecule has 4 rings (SSSR count). The molecule has 0 radical (unpaired) electrons. The number of hydrogen-bond acceptors (Lipinski definition) is 3. The van der Waals surface area contributed by atoms with E-state index in [0.717, 1.165) is 57.2 Å². The predicted molar refractivity (Wildman–Crippen MR) is 118 cm³/mol. The highest BCUT2D eigenvalue weighted by molar-refractivity contribution is 5.80. The van der Waals surface area contributed by atoms with Crippen molar-refractivity contribution < 1.29 is 8.81 Å². The molecule has 162 valence electrons. The van der Waals surface area contributed by atoms with Crippen LogP contribution in [0.5, 0.6) is 0 Å². The summed E-state index contributed by atoms with van der Waals surface area (Å²) in [6.45, 7) is 3.69. The highest BCUT2D eigenvalue weighted by atomic mass is 19.1. The number of halogens is 1. The van der Waals surface area contributed by atoms with Crippen molar-refractivity contribution in [3.05, 3.63) is 59.8 Å². The van der Waals surface area contributed by atoms with Gasteiger partial charge in [0.1, 0.15) is 11.6 Å². The number of nitrogens with zero attached hydrogens (tertiary/aromatic N) is 2. The van der Waals surface area contributed by atoms with Gasteiger partial charge in [0, 0.05) is 44.7 Å². The highest BCUT2D eigenvalue weighted by Gasteiger charge is 2.22. The average Bonchev–Trinajstić information content (AvgIpc) is 3.45. The van der Waals surface area contributed by atoms with Gasteiger partial charge in [-0.3, -0.25) is 9.89 Å². The van der Waals surface area contributed by atoms with Crippen molar-refractivity contribution in [3.63, 3.8) is 0 Å². The first-order valence-corrected chi connectivity index (χ1v) is 11.3. The van der Waals surface area contributed by atoms with Gasteiger partial charge in [0.15, 0.2) is 5.96 Å². The monoisotopic (exact) mass is 412 g/mol. The van der Waals surface area contributed by atoms with Crippen LogP contribution in [0.4, 0.5) is 4.39 Å². The summed E-state index contributed by atoms with van der Waals surface area (Å²) in [5.74, 6) is 1.76. The minimum atomic E-state index is -0.171. The Morgan fingerprint density at radius 3 is 2.37 bits per heavy atom. The summed E-state index contributed by atoms with van der Waals surface area (Å²) in [5.41, 5.74) is 1.17. The zero-order valence-corrected chi connectivity index (χ0v) is 17.7. The zero-order chi connectivity index (χ0) is 20.6. The molecule has 0 bridgehead atoms. The Morgan fingerprint density at radius 2 is 1.70 bits per heavy atom. The lowest BCUT2D eigenvalue weighted by molar-refractivity contribution is 0.198. The van der Waals surface area contributed by atoms with E-state index in [2.05, 4.69) is 15.5 Å². The zero-order valence-electron chi connectivity index (χ0n) is 17.7. The molecule has 2 aromatic rings. The second kappa shape index (κ2) is 10.6. The van der Waals surface area contributed by atoms with Gasteiger partial charge in [0.25, 0.3) is 0 Å². The maximum atomic E-state index is 13.1. The fourth-order valence-electron chi connectivity index (χ4n) is 4.41. The van der Waals surface area contributed by atoms with Crippen LogP contribution in [0.1, 0.15) is 49.8 Å². The molecule has 1 aromatic heterocycles. The Hall–Kier alpha value is -2.34. The fraction of sp³-hybridized carbons (Fsp3) is 0.542. The quantitative estimate of drug-likeness (QED) is 0.531. The highest BCUT2D eigenvalue weighted by Crippen LogP contribution is 2.18. The Bertz CT molecular complexity index is 776. The van der Waals surface area contributed by atoms with Crippen LogP contribution >= 0.6 is 0 Å². The molecular formula is C24H33FN4O. The molecule has 0 amide bonds. The third-order valence-corrected chi connectivity index (χ3v) is 6.15. The molecule has 2 fully saturated rings. The number of nitrogens with one attached hydrogen (secondary N) is 2. The third-order valence-electron chi connectivity index (χ3n) is 6.15. The van der Waals surface area contributed by atoms with Gasteiger partial charge in [0.05, 0.1) is 6.26 Å². The lowest BCUT2D eigenvalue weighted by atomic mass is 10.0. The van der Waals surface area contributed by atoms with E-state index in [4.69, 9.17) is 9.41 Å². The number of benzene rings is 1. The van der Waals surface area contributed by atoms with E-state index in [-0.39, 0.29) is 5.82 Å². The minimum absolute atomic E-state index is 0.171. The van der Waals surface area contributed by atoms with Crippen LogP contribution in [0.15, 0.2) is 52.1 Å². The van der Waals surface area contributed by atoms with Crippen molar-refractivity contribution in [2.45, 2.75) is 63.6 Å². The number of likely N-dealkylation sites (tertiary alicyclic amines) is 1. The van der Waals surface area contributed by atoms with Gasteiger partial charge in [-0.05, 0) is 55.5 Å². The van der Waals surface area contributed by atoms with Gasteiger partial charge >= 0.3 is 0 Å². The fourth-order valence-corrected chi connectivity index (χ4v) is 4.41. The van der Waals surface area contributed by atoms with Crippen LogP contribution in [0, 0.1) is 5.82 Å². The van der Waals surface area contributed by atoms with E-state index in [1.54, 1.807) is 18.4 Å². The molecule has 1 saturated heterocycles. The van der Waals surface area contributed by atoms with E-state index in [1.807, 2.05) is 24.3 Å². The van der Waals surface area contributed by atoms with Crippen molar-refractivity contribution in [2.75, 3.05) is 19.6 Å². The van der Waals surface area contributed by atoms with E-state index in [1.165, 1.54) is 31.2 Å². The smallest absolute Gasteiger partial charge is 0.191 e. The molecule has 1 aliphatic carbocycles. The molecule has 2 heterocycles. The molecule has 1 saturated carbocycles. The normalized spacial score (nSPS) is 19.3. The molecule has 0 unspecified atom stereocenters. The Morgan fingerprint density at radius 1 is 1.00 bits per heavy atom. The minimum Gasteiger partial charge on any atom is -0.469 e. The summed E-state index contributed by atoms with van der Waals surface area (Å²) in [4.78, 5) is 7.28. The number of hydrogen-bond donors (Lipinski definition) is 2. The molecular weight excluding hydrogens is 379 g/mol. The first-order valence-electron chi connectivity index (χ1n) is 11.3. The molecule has 6 heteroatoms. The van der Waals surface area contributed by atoms with Gasteiger partial charge in [-0.2, -0.15) is 0 Å². The number of piperidine rings is 1. The van der Waals surface area contributed by atoms with Crippen LogP contribution in [-0.4, -0.2) is 42.6 Å². The maximum absolute atomic E-state index is 13.1. The summed E-state index contributed by atoms with van der Waals surface area (Å²) >= 11 is 0. The van der Waals surface area contributed by atoms with Gasteiger partial charge in [0.2, 0.25) is 0 Å². The van der Waals surface area contributed by atoms with E-state index in [9.17, 15) is 4.39 Å². The van der Waals surface area contributed by atoms with Crippen molar-refractivity contribution >= 4 is 5.96 Å². The standard InChI is InChI=1S/C24H33FN4O/c25-20-9-7-19(8-10-20)18-29-15-12-22(13-16-29)28-24(27-21-4-1-2-5-21)26-14-11-23-6-3-17-30-23/h3,6-10,17,21-22H,1-2,4-5,11-16,18H2,(H2,26,27,28). The van der Waals surface area contributed by atoms with E-state index in [0.29, 0.717) is 12.1 Å². The van der Waals surface area contributed by atoms with Gasteiger partial charge in [-0.25, -0.2) is 4.39 Å². The Kier molecular flexibility index (Phi) is 7.40. The molecule has 2 N–H and O–H groups in total. The lowest BCUT2D eigenvalue weighted by Crippen LogP contribution is -2.50. The van der Waals surface area contributed by atoms with Crippen LogP contribution in [0.3, 0.4) is 0 Å². The summed E-state index contributed by atoms with van der Waals surface area (Å²) in [6, 6.07) is 11.8. The van der Waals surface area contributed by atoms with Crippen molar-refractivity contribution in [1.29, 1.82) is 0 Å². The summed E-state index contributed by atoms with van der Waals surface area (Å²) in [5, 5.41) is 7.35. The molecule has 0 spiro atoms. The average molecular weight is 413 g/mol. The van der Waals surface area contributed by atoms with E-state index < -0.39 is 0 Å². The number of aliphatic imine (C=N–C) groups is 1. The first-order chi connectivity index (χ1) is 14.7. The van der Waals surface area contributed by atoms with Crippen LogP contribution in [0.2, 0.25) is 0 Å². The second-order valence-corrected chi connectivity index (χ2v) is 8.51. The van der Waals surface area contributed by atoms with Crippen LogP contribution in [-0.2, 0) is 13.0 Å². The first kappa shape index (κ1) is 20.9. The van der Waals surface area contributed by atoms with Crippen molar-refractivity contribution in [1.82, 2.24) is 15.5 Å². The molecule has 5 nitrogen and oxygen atoms in total. The second-order valence-electron chi connectivity index (χ2n) is 8.51. The van der Waals surface area contributed by atoms with Gasteiger partial charge in [-0.15, -0.1) is 0 Å². The maximum Gasteiger partial charge on any atom is 0.191 e. The van der Waals surface area contributed by atoms with Crippen LogP contribution < -0.4 is 10.6 Å². The summed E-state index contributed by atoms with van der Waals surface area (Å²) in [7, 11) is 0. The largest absolute Gasteiger partial charge is 0.469 e. The Labute approximate surface area is 178 Å². The van der Waals surface area contributed by atoms with Crippen molar-refractivity contribution in [3.8, 4) is 0 Å². The SMILES string of the molecule is Fc1ccc(CN2CCC(NC(=NCCc3ccco3)NC3CCCC3)CC2)cc1. The third kappa shape index (κ3) is 6.33. The molecule has 2 aliphatic rings. The molecule has 1 aliphatic heterocycles. The van der Waals surface area contributed by atoms with Crippen molar-refractivity contribution in [2.24, 2.45) is 4.99 Å². The molecule has 1 aromatic carbocycles. The summed E-state index contributed by atoms with van der Waals surface area (Å²) in [6.07, 6.45) is 9.78. The number of furan rings is 1. The van der Waals surface area contributed by atoms with Gasteiger partial charge < -0.3 is 15.1 Å². The number of guanidine groups is 1. The molecule has 30 heavy (non-hydrogen) atoms. The lowest BCUT2D eigenvalue weighted by Gasteiger charge is -2.33. The molecule has 0 atom stereocenters.